The van der Waals surface area contributed by atoms with E-state index in [0.717, 1.165) is 48.9 Å². The molecule has 7 nitrogen and oxygen atoms in total. The average molecular weight is 523 g/mol. The van der Waals surface area contributed by atoms with Gasteiger partial charge in [0.2, 0.25) is 11.9 Å². The van der Waals surface area contributed by atoms with Crippen molar-refractivity contribution in [3.63, 3.8) is 0 Å². The molecule has 2 aromatic rings. The quantitative estimate of drug-likeness (QED) is 0.392. The number of rotatable bonds is 7. The molecular weight excluding hydrogens is 493 g/mol. The van der Waals surface area contributed by atoms with Crippen LogP contribution in [-0.4, -0.2) is 40.2 Å². The topological polar surface area (TPSA) is 105 Å². The molecule has 1 amide bonds. The number of nitrogens with one attached hydrogen (secondary N) is 3. The van der Waals surface area contributed by atoms with Crippen molar-refractivity contribution in [2.45, 2.75) is 69.1 Å². The summed E-state index contributed by atoms with van der Waals surface area (Å²) < 4.78 is 37.8. The van der Waals surface area contributed by atoms with E-state index in [2.05, 4.69) is 25.9 Å². The number of anilines is 3. The van der Waals surface area contributed by atoms with Crippen LogP contribution in [0.2, 0.25) is 5.02 Å². The summed E-state index contributed by atoms with van der Waals surface area (Å²) in [7, 11) is 0. The zero-order chi connectivity index (χ0) is 25.5. The fourth-order valence-electron chi connectivity index (χ4n) is 6.17. The molecule has 36 heavy (non-hydrogen) atoms. The van der Waals surface area contributed by atoms with Crippen molar-refractivity contribution in [3.8, 4) is 0 Å². The zero-order valence-corrected chi connectivity index (χ0v) is 20.6. The Morgan fingerprint density at radius 2 is 1.97 bits per heavy atom. The Labute approximate surface area is 212 Å². The molecule has 3 aliphatic carbocycles. The number of nitrogens with zero attached hydrogens (tertiary/aromatic N) is 2. The predicted molar refractivity (Wildman–Crippen MR) is 132 cm³/mol. The fourth-order valence-corrected chi connectivity index (χ4v) is 6.31. The summed E-state index contributed by atoms with van der Waals surface area (Å²) >= 11 is 6.41. The van der Waals surface area contributed by atoms with Crippen LogP contribution in [0.5, 0.6) is 0 Å². The van der Waals surface area contributed by atoms with Crippen molar-refractivity contribution < 1.29 is 18.0 Å². The minimum atomic E-state index is -4.21. The Morgan fingerprint density at radius 3 is 2.69 bits per heavy atom. The lowest BCUT2D eigenvalue weighted by molar-refractivity contribution is -0.126. The van der Waals surface area contributed by atoms with Crippen LogP contribution in [0.15, 0.2) is 24.4 Å². The molecule has 0 saturated heterocycles. The van der Waals surface area contributed by atoms with E-state index >= 15 is 0 Å². The van der Waals surface area contributed by atoms with E-state index in [1.807, 2.05) is 18.2 Å². The van der Waals surface area contributed by atoms with Crippen LogP contribution in [-0.2, 0) is 17.6 Å². The molecule has 3 aliphatic rings. The number of nitrogens with two attached hydrogens (primary N) is 1. The van der Waals surface area contributed by atoms with Crippen LogP contribution >= 0.6 is 11.6 Å². The van der Waals surface area contributed by atoms with Gasteiger partial charge in [-0.25, -0.2) is 4.98 Å². The van der Waals surface area contributed by atoms with Gasteiger partial charge in [-0.15, -0.1) is 0 Å². The first-order valence-electron chi connectivity index (χ1n) is 12.4. The molecule has 5 rings (SSSR count). The second-order valence-corrected chi connectivity index (χ2v) is 10.8. The number of carbonyl (C=O) groups is 1. The highest BCUT2D eigenvalue weighted by Gasteiger charge is 2.54. The Bertz CT molecular complexity index is 1150. The molecule has 0 aliphatic heterocycles. The van der Waals surface area contributed by atoms with Gasteiger partial charge in [-0.05, 0) is 80.5 Å². The molecule has 2 fully saturated rings. The summed E-state index contributed by atoms with van der Waals surface area (Å²) in [5.74, 6) is 0.763. The highest BCUT2D eigenvalue weighted by atomic mass is 35.5. The third-order valence-corrected chi connectivity index (χ3v) is 8.20. The number of aromatic nitrogens is 2. The van der Waals surface area contributed by atoms with Crippen molar-refractivity contribution in [1.29, 1.82) is 0 Å². The van der Waals surface area contributed by atoms with Crippen LogP contribution in [0.25, 0.3) is 0 Å². The third-order valence-electron chi connectivity index (χ3n) is 7.92. The van der Waals surface area contributed by atoms with Crippen LogP contribution in [0.3, 0.4) is 0 Å². The molecule has 5 N–H and O–H groups in total. The summed E-state index contributed by atoms with van der Waals surface area (Å²) in [6, 6.07) is 5.77. The van der Waals surface area contributed by atoms with Crippen LogP contribution in [0.1, 0.15) is 49.7 Å². The number of benzene rings is 1. The molecule has 11 heteroatoms. The van der Waals surface area contributed by atoms with Gasteiger partial charge in [-0.3, -0.25) is 4.79 Å². The lowest BCUT2D eigenvalue weighted by atomic mass is 9.82. The largest absolute Gasteiger partial charge is 0.401 e. The molecule has 1 heterocycles. The summed E-state index contributed by atoms with van der Waals surface area (Å²) in [5, 5.41) is 9.68. The van der Waals surface area contributed by atoms with Gasteiger partial charge in [0.1, 0.15) is 5.02 Å². The van der Waals surface area contributed by atoms with Crippen molar-refractivity contribution in [2.24, 2.45) is 17.6 Å². The molecule has 2 saturated carbocycles. The van der Waals surface area contributed by atoms with Gasteiger partial charge in [-0.1, -0.05) is 17.7 Å². The Hall–Kier alpha value is -2.59. The monoisotopic (exact) mass is 522 g/mol. The van der Waals surface area contributed by atoms with E-state index in [0.29, 0.717) is 42.0 Å². The number of primary amides is 1. The average Bonchev–Trinajstić information content (AvgIpc) is 3.32. The minimum Gasteiger partial charge on any atom is -0.369 e. The van der Waals surface area contributed by atoms with Crippen LogP contribution < -0.4 is 21.7 Å². The SMILES string of the molecule is NC(=O)C1CC2CCC1(Nc1nc(Nc3ccc4c(c3)CCC(NCC(F)(F)F)CC4)ncc1Cl)C2. The lowest BCUT2D eigenvalue weighted by Crippen LogP contribution is -2.47. The van der Waals surface area contributed by atoms with Gasteiger partial charge in [0, 0.05) is 11.7 Å². The molecule has 0 spiro atoms. The van der Waals surface area contributed by atoms with Crippen molar-refractivity contribution in [2.75, 3.05) is 17.2 Å². The van der Waals surface area contributed by atoms with Gasteiger partial charge < -0.3 is 21.7 Å². The van der Waals surface area contributed by atoms with E-state index in [1.165, 1.54) is 6.20 Å². The van der Waals surface area contributed by atoms with Crippen molar-refractivity contribution in [3.05, 3.63) is 40.5 Å². The lowest BCUT2D eigenvalue weighted by Gasteiger charge is -2.35. The molecule has 1 aromatic carbocycles. The number of aryl methyl sites for hydroxylation is 2. The maximum atomic E-state index is 12.6. The molecule has 1 aromatic heterocycles. The Kier molecular flexibility index (Phi) is 6.76. The maximum absolute atomic E-state index is 12.6. The van der Waals surface area contributed by atoms with E-state index in [1.54, 1.807) is 0 Å². The summed E-state index contributed by atoms with van der Waals surface area (Å²) in [6.45, 7) is -0.965. The van der Waals surface area contributed by atoms with Gasteiger partial charge in [0.25, 0.3) is 0 Å². The smallest absolute Gasteiger partial charge is 0.369 e. The normalized spacial score (nSPS) is 27.4. The van der Waals surface area contributed by atoms with Gasteiger partial charge in [-0.2, -0.15) is 18.2 Å². The van der Waals surface area contributed by atoms with Crippen LogP contribution in [0.4, 0.5) is 30.6 Å². The van der Waals surface area contributed by atoms with Crippen molar-refractivity contribution >= 4 is 35.0 Å². The van der Waals surface area contributed by atoms with E-state index < -0.39 is 18.3 Å². The standard InChI is InChI=1S/C25H30ClF3N6O/c26-20-12-31-23(34-22(20)35-24-8-7-14(11-24)9-19(24)21(30)36)33-18-6-2-15-1-4-17(5-3-16(15)10-18)32-13-25(27,28)29/h2,6,10,12,14,17,19,32H,1,3-5,7-9,11,13H2,(H2,30,36)(H2,31,33,34,35). The number of halogens is 4. The number of carbonyl (C=O) groups excluding carboxylic acids is 1. The van der Waals surface area contributed by atoms with Gasteiger partial charge in [0.15, 0.2) is 5.82 Å². The Morgan fingerprint density at radius 1 is 1.19 bits per heavy atom. The molecule has 2 bridgehead atoms. The van der Waals surface area contributed by atoms with E-state index in [9.17, 15) is 18.0 Å². The zero-order valence-electron chi connectivity index (χ0n) is 19.8. The second-order valence-electron chi connectivity index (χ2n) is 10.3. The predicted octanol–water partition coefficient (Wildman–Crippen LogP) is 4.73. The Balaban J connectivity index is 1.28. The number of hydrogen-bond acceptors (Lipinski definition) is 6. The molecule has 0 radical (unpaired) electrons. The first-order chi connectivity index (χ1) is 17.1. The van der Waals surface area contributed by atoms with Gasteiger partial charge in [0.05, 0.1) is 24.2 Å². The first-order valence-corrected chi connectivity index (χ1v) is 12.8. The molecule has 4 atom stereocenters. The summed E-state index contributed by atoms with van der Waals surface area (Å²) in [5.41, 5.74) is 8.31. The van der Waals surface area contributed by atoms with Crippen molar-refractivity contribution in [1.82, 2.24) is 15.3 Å². The number of fused-ring (bicyclic) bond motifs is 3. The highest BCUT2D eigenvalue weighted by Crippen LogP contribution is 2.53. The summed E-state index contributed by atoms with van der Waals surface area (Å²) in [6.07, 6.45) is 3.59. The second kappa shape index (κ2) is 9.70. The third kappa shape index (κ3) is 5.39. The number of amides is 1. The summed E-state index contributed by atoms with van der Waals surface area (Å²) in [4.78, 5) is 21.0. The van der Waals surface area contributed by atoms with Gasteiger partial charge >= 0.3 is 6.18 Å². The van der Waals surface area contributed by atoms with E-state index in [4.69, 9.17) is 17.3 Å². The minimum absolute atomic E-state index is 0.168. The molecule has 194 valence electrons. The van der Waals surface area contributed by atoms with Crippen LogP contribution in [0, 0.1) is 11.8 Å². The molecular formula is C25H30ClF3N6O. The first kappa shape index (κ1) is 25.1. The van der Waals surface area contributed by atoms with E-state index in [-0.39, 0.29) is 17.9 Å². The fraction of sp³-hybridized carbons (Fsp3) is 0.560. The highest BCUT2D eigenvalue weighted by molar-refractivity contribution is 6.32. The maximum Gasteiger partial charge on any atom is 0.401 e. The molecule has 4 unspecified atom stereocenters. The number of hydrogen-bond donors (Lipinski definition) is 4. The number of alkyl halides is 3.